The first kappa shape index (κ1) is 16.3. The minimum Gasteiger partial charge on any atom is -0.381 e. The fourth-order valence-electron chi connectivity index (χ4n) is 3.55. The molecule has 0 aliphatic carbocycles. The number of carbonyl (C=O) groups excluding carboxylic acids is 1. The standard InChI is InChI=1S/C18H26N2O3/c1-14(2)23-12-9-19-17(21)20-13-18(7-10-22-11-8-18)15-5-3-4-6-16(15)20/h3-6,14H,7-13H2,1-2H3,(H,19,21). The zero-order valence-electron chi connectivity index (χ0n) is 14.0. The highest BCUT2D eigenvalue weighted by Gasteiger charge is 2.45. The second-order valence-electron chi connectivity index (χ2n) is 6.65. The van der Waals surface area contributed by atoms with E-state index in [1.165, 1.54) is 5.56 Å². The smallest absolute Gasteiger partial charge is 0.321 e. The van der Waals surface area contributed by atoms with Gasteiger partial charge in [-0.2, -0.15) is 0 Å². The number of rotatable bonds is 4. The first-order valence-electron chi connectivity index (χ1n) is 8.47. The average Bonchev–Trinajstić information content (AvgIpc) is 2.87. The molecule has 2 amide bonds. The predicted octanol–water partition coefficient (Wildman–Crippen LogP) is 2.69. The molecule has 2 aliphatic heterocycles. The van der Waals surface area contributed by atoms with Gasteiger partial charge in [0, 0.05) is 37.4 Å². The van der Waals surface area contributed by atoms with E-state index in [4.69, 9.17) is 9.47 Å². The third-order valence-electron chi connectivity index (χ3n) is 4.75. The van der Waals surface area contributed by atoms with Gasteiger partial charge in [-0.15, -0.1) is 0 Å². The third kappa shape index (κ3) is 3.35. The van der Waals surface area contributed by atoms with E-state index in [2.05, 4.69) is 17.4 Å². The molecule has 0 saturated carbocycles. The number of para-hydroxylation sites is 1. The molecular weight excluding hydrogens is 292 g/mol. The molecule has 1 aromatic rings. The highest BCUT2D eigenvalue weighted by atomic mass is 16.5. The maximum Gasteiger partial charge on any atom is 0.321 e. The van der Waals surface area contributed by atoms with Crippen molar-refractivity contribution in [2.45, 2.75) is 38.2 Å². The van der Waals surface area contributed by atoms with E-state index < -0.39 is 0 Å². The van der Waals surface area contributed by atoms with Crippen LogP contribution in [0.1, 0.15) is 32.3 Å². The summed E-state index contributed by atoms with van der Waals surface area (Å²) in [4.78, 5) is 14.5. The van der Waals surface area contributed by atoms with E-state index in [9.17, 15) is 4.79 Å². The number of anilines is 1. The van der Waals surface area contributed by atoms with Crippen LogP contribution >= 0.6 is 0 Å². The second kappa shape index (κ2) is 6.89. The quantitative estimate of drug-likeness (QED) is 0.869. The van der Waals surface area contributed by atoms with Crippen LogP contribution in [-0.2, 0) is 14.9 Å². The van der Waals surface area contributed by atoms with Gasteiger partial charge in [0.05, 0.1) is 12.7 Å². The fraction of sp³-hybridized carbons (Fsp3) is 0.611. The van der Waals surface area contributed by atoms with Crippen molar-refractivity contribution in [1.82, 2.24) is 5.32 Å². The molecule has 0 aromatic heterocycles. The summed E-state index contributed by atoms with van der Waals surface area (Å²) in [6.07, 6.45) is 2.14. The van der Waals surface area contributed by atoms with Gasteiger partial charge in [-0.25, -0.2) is 4.79 Å². The molecule has 5 heteroatoms. The maximum atomic E-state index is 12.6. The Balaban J connectivity index is 1.70. The molecule has 1 aromatic carbocycles. The lowest BCUT2D eigenvalue weighted by Gasteiger charge is -2.34. The molecule has 1 fully saturated rings. The second-order valence-corrected chi connectivity index (χ2v) is 6.65. The van der Waals surface area contributed by atoms with Gasteiger partial charge >= 0.3 is 6.03 Å². The molecule has 2 heterocycles. The van der Waals surface area contributed by atoms with E-state index in [0.29, 0.717) is 13.2 Å². The number of nitrogens with one attached hydrogen (secondary N) is 1. The van der Waals surface area contributed by atoms with Crippen molar-refractivity contribution in [3.05, 3.63) is 29.8 Å². The number of nitrogens with zero attached hydrogens (tertiary/aromatic N) is 1. The number of urea groups is 1. The number of ether oxygens (including phenoxy) is 2. The highest BCUT2D eigenvalue weighted by Crippen LogP contribution is 2.46. The van der Waals surface area contributed by atoms with E-state index in [-0.39, 0.29) is 17.6 Å². The van der Waals surface area contributed by atoms with E-state index in [1.54, 1.807) is 0 Å². The van der Waals surface area contributed by atoms with Gasteiger partial charge in [-0.1, -0.05) is 18.2 Å². The van der Waals surface area contributed by atoms with Gasteiger partial charge in [0.25, 0.3) is 0 Å². The van der Waals surface area contributed by atoms with Crippen molar-refractivity contribution < 1.29 is 14.3 Å². The summed E-state index contributed by atoms with van der Waals surface area (Å²) < 4.78 is 11.0. The van der Waals surface area contributed by atoms with Crippen LogP contribution in [0, 0.1) is 0 Å². The van der Waals surface area contributed by atoms with Gasteiger partial charge in [0.15, 0.2) is 0 Å². The fourth-order valence-corrected chi connectivity index (χ4v) is 3.55. The Morgan fingerprint density at radius 1 is 1.35 bits per heavy atom. The van der Waals surface area contributed by atoms with Crippen molar-refractivity contribution in [2.75, 3.05) is 37.8 Å². The van der Waals surface area contributed by atoms with Gasteiger partial charge in [-0.3, -0.25) is 4.90 Å². The van der Waals surface area contributed by atoms with Crippen molar-refractivity contribution in [2.24, 2.45) is 0 Å². The van der Waals surface area contributed by atoms with E-state index in [1.807, 2.05) is 30.9 Å². The topological polar surface area (TPSA) is 50.8 Å². The SMILES string of the molecule is CC(C)OCCNC(=O)N1CC2(CCOCC2)c2ccccc21. The zero-order valence-corrected chi connectivity index (χ0v) is 14.0. The number of hydrogen-bond acceptors (Lipinski definition) is 3. The molecular formula is C18H26N2O3. The van der Waals surface area contributed by atoms with Crippen LogP contribution in [0.25, 0.3) is 0 Å². The molecule has 1 N–H and O–H groups in total. The molecule has 5 nitrogen and oxygen atoms in total. The molecule has 23 heavy (non-hydrogen) atoms. The number of benzene rings is 1. The lowest BCUT2D eigenvalue weighted by molar-refractivity contribution is 0.0555. The van der Waals surface area contributed by atoms with Gasteiger partial charge in [-0.05, 0) is 38.3 Å². The van der Waals surface area contributed by atoms with Crippen LogP contribution in [0.15, 0.2) is 24.3 Å². The lowest BCUT2D eigenvalue weighted by Crippen LogP contribution is -2.45. The number of amides is 2. The van der Waals surface area contributed by atoms with Crippen LogP contribution in [0.2, 0.25) is 0 Å². The average molecular weight is 318 g/mol. The number of hydrogen-bond donors (Lipinski definition) is 1. The Hall–Kier alpha value is -1.59. The summed E-state index contributed by atoms with van der Waals surface area (Å²) >= 11 is 0. The Morgan fingerprint density at radius 2 is 2.09 bits per heavy atom. The molecule has 126 valence electrons. The molecule has 2 aliphatic rings. The van der Waals surface area contributed by atoms with Crippen LogP contribution in [0.5, 0.6) is 0 Å². The molecule has 3 rings (SSSR count). The molecule has 1 spiro atoms. The van der Waals surface area contributed by atoms with E-state index >= 15 is 0 Å². The zero-order chi connectivity index (χ0) is 16.3. The molecule has 0 bridgehead atoms. The summed E-state index contributed by atoms with van der Waals surface area (Å²) in [7, 11) is 0. The summed E-state index contributed by atoms with van der Waals surface area (Å²) in [5.74, 6) is 0. The lowest BCUT2D eigenvalue weighted by atomic mass is 9.76. The summed E-state index contributed by atoms with van der Waals surface area (Å²) in [5.41, 5.74) is 2.38. The third-order valence-corrected chi connectivity index (χ3v) is 4.75. The highest BCUT2D eigenvalue weighted by molar-refractivity contribution is 5.95. The monoisotopic (exact) mass is 318 g/mol. The molecule has 1 saturated heterocycles. The van der Waals surface area contributed by atoms with Crippen LogP contribution < -0.4 is 10.2 Å². The first-order valence-corrected chi connectivity index (χ1v) is 8.47. The van der Waals surface area contributed by atoms with Crippen LogP contribution in [-0.4, -0.2) is 45.0 Å². The van der Waals surface area contributed by atoms with Crippen LogP contribution in [0.4, 0.5) is 10.5 Å². The molecule has 0 radical (unpaired) electrons. The van der Waals surface area contributed by atoms with Crippen molar-refractivity contribution in [1.29, 1.82) is 0 Å². The minimum absolute atomic E-state index is 0.0341. The normalized spacial score (nSPS) is 19.2. The minimum atomic E-state index is -0.0341. The Kier molecular flexibility index (Phi) is 4.87. The number of fused-ring (bicyclic) bond motifs is 2. The van der Waals surface area contributed by atoms with Gasteiger partial charge in [0.2, 0.25) is 0 Å². The molecule has 0 unspecified atom stereocenters. The van der Waals surface area contributed by atoms with Crippen molar-refractivity contribution >= 4 is 11.7 Å². The summed E-state index contributed by atoms with van der Waals surface area (Å²) in [6, 6.07) is 8.24. The Labute approximate surface area is 137 Å². The Morgan fingerprint density at radius 3 is 2.83 bits per heavy atom. The Bertz CT molecular complexity index is 553. The summed E-state index contributed by atoms with van der Waals surface area (Å²) in [5, 5.41) is 2.97. The van der Waals surface area contributed by atoms with Gasteiger partial charge < -0.3 is 14.8 Å². The molecule has 0 atom stereocenters. The predicted molar refractivity (Wildman–Crippen MR) is 90.0 cm³/mol. The number of carbonyl (C=O) groups is 1. The maximum absolute atomic E-state index is 12.6. The largest absolute Gasteiger partial charge is 0.381 e. The van der Waals surface area contributed by atoms with Crippen LogP contribution in [0.3, 0.4) is 0 Å². The van der Waals surface area contributed by atoms with Gasteiger partial charge in [0.1, 0.15) is 0 Å². The van der Waals surface area contributed by atoms with Crippen molar-refractivity contribution in [3.63, 3.8) is 0 Å². The summed E-state index contributed by atoms with van der Waals surface area (Å²) in [6.45, 7) is 7.34. The van der Waals surface area contributed by atoms with E-state index in [0.717, 1.165) is 38.3 Å². The van der Waals surface area contributed by atoms with Crippen molar-refractivity contribution in [3.8, 4) is 0 Å². The first-order chi connectivity index (χ1) is 11.1.